The van der Waals surface area contributed by atoms with Gasteiger partial charge < -0.3 is 0 Å². The summed E-state index contributed by atoms with van der Waals surface area (Å²) < 4.78 is 1.49. The molecular weight excluding hydrogens is 274 g/mol. The fraction of sp³-hybridized carbons (Fsp3) is 0. The van der Waals surface area contributed by atoms with Crippen molar-refractivity contribution in [3.63, 3.8) is 0 Å². The van der Waals surface area contributed by atoms with Crippen LogP contribution in [0.5, 0.6) is 0 Å². The first-order chi connectivity index (χ1) is 10.2. The summed E-state index contributed by atoms with van der Waals surface area (Å²) >= 11 is 0. The van der Waals surface area contributed by atoms with Crippen LogP contribution in [0.3, 0.4) is 0 Å². The van der Waals surface area contributed by atoms with Crippen LogP contribution in [0.25, 0.3) is 28.1 Å². The van der Waals surface area contributed by atoms with Gasteiger partial charge in [0.15, 0.2) is 11.3 Å². The van der Waals surface area contributed by atoms with Crippen LogP contribution < -0.4 is 0 Å². The highest BCUT2D eigenvalue weighted by molar-refractivity contribution is 5.91. The van der Waals surface area contributed by atoms with Crippen molar-refractivity contribution in [3.05, 3.63) is 46.9 Å². The summed E-state index contributed by atoms with van der Waals surface area (Å²) in [5.41, 5.74) is 1.37. The molecule has 0 spiro atoms. The molecule has 0 aliphatic rings. The fourth-order valence-corrected chi connectivity index (χ4v) is 2.17. The first-order valence-electron chi connectivity index (χ1n) is 6.02. The molecule has 0 radical (unpaired) electrons. The van der Waals surface area contributed by atoms with E-state index >= 15 is 0 Å². The Morgan fingerprint density at radius 2 is 2.14 bits per heavy atom. The summed E-state index contributed by atoms with van der Waals surface area (Å²) in [4.78, 5) is 19.1. The zero-order chi connectivity index (χ0) is 14.4. The lowest BCUT2D eigenvalue weighted by Crippen LogP contribution is -1.92. The molecule has 1 aromatic carbocycles. The smallest absolute Gasteiger partial charge is 0.268 e. The molecule has 4 rings (SSSR count). The van der Waals surface area contributed by atoms with Gasteiger partial charge in [0, 0.05) is 5.39 Å². The van der Waals surface area contributed by atoms with Crippen molar-refractivity contribution < 1.29 is 4.92 Å². The minimum atomic E-state index is -0.527. The lowest BCUT2D eigenvalue weighted by atomic mass is 10.2. The average molecular weight is 281 g/mol. The van der Waals surface area contributed by atoms with E-state index in [2.05, 4.69) is 25.3 Å². The number of nitro groups is 1. The van der Waals surface area contributed by atoms with Crippen LogP contribution in [0, 0.1) is 10.1 Å². The zero-order valence-corrected chi connectivity index (χ0v) is 10.5. The first kappa shape index (κ1) is 11.5. The number of benzene rings is 1. The Labute approximate surface area is 116 Å². The third kappa shape index (κ3) is 1.64. The monoisotopic (exact) mass is 281 g/mol. The largest absolute Gasteiger partial charge is 0.318 e. The van der Waals surface area contributed by atoms with E-state index < -0.39 is 4.92 Å². The predicted molar refractivity (Wildman–Crippen MR) is 72.5 cm³/mol. The fourth-order valence-electron chi connectivity index (χ4n) is 2.17. The third-order valence-corrected chi connectivity index (χ3v) is 3.12. The number of hydrogen-bond donors (Lipinski definition) is 1. The van der Waals surface area contributed by atoms with Gasteiger partial charge in [-0.25, -0.2) is 14.5 Å². The number of H-pyrrole nitrogens is 1. The lowest BCUT2D eigenvalue weighted by Gasteiger charge is -1.96. The van der Waals surface area contributed by atoms with Gasteiger partial charge in [-0.2, -0.15) is 5.10 Å². The molecule has 9 nitrogen and oxygen atoms in total. The lowest BCUT2D eigenvalue weighted by molar-refractivity contribution is -0.384. The summed E-state index contributed by atoms with van der Waals surface area (Å²) in [6.45, 7) is 0. The number of nitrogens with one attached hydrogen (secondary N) is 1. The molecule has 0 atom stereocenters. The molecule has 0 saturated carbocycles. The molecule has 0 aliphatic heterocycles. The maximum absolute atomic E-state index is 11.0. The second-order valence-corrected chi connectivity index (χ2v) is 4.35. The Balaban J connectivity index is 2.01. The number of fused-ring (bicyclic) bond motifs is 3. The molecule has 0 amide bonds. The highest BCUT2D eigenvalue weighted by atomic mass is 16.6. The van der Waals surface area contributed by atoms with Crippen molar-refractivity contribution >= 4 is 22.2 Å². The molecule has 0 fully saturated rings. The molecule has 0 saturated heterocycles. The third-order valence-electron chi connectivity index (χ3n) is 3.12. The van der Waals surface area contributed by atoms with E-state index in [1.165, 1.54) is 10.8 Å². The Bertz CT molecular complexity index is 988. The number of nitrogens with zero attached hydrogens (tertiary/aromatic N) is 6. The van der Waals surface area contributed by atoms with Crippen molar-refractivity contribution in [3.8, 4) is 11.5 Å². The zero-order valence-electron chi connectivity index (χ0n) is 10.5. The van der Waals surface area contributed by atoms with E-state index in [-0.39, 0.29) is 17.2 Å². The van der Waals surface area contributed by atoms with E-state index in [1.807, 2.05) is 24.3 Å². The van der Waals surface area contributed by atoms with Gasteiger partial charge in [0.25, 0.3) is 0 Å². The molecule has 3 heterocycles. The van der Waals surface area contributed by atoms with Crippen LogP contribution in [0.4, 0.5) is 5.69 Å². The van der Waals surface area contributed by atoms with Crippen molar-refractivity contribution in [2.45, 2.75) is 0 Å². The Kier molecular flexibility index (Phi) is 2.22. The molecule has 9 heteroatoms. The van der Waals surface area contributed by atoms with Gasteiger partial charge in [0.1, 0.15) is 12.5 Å². The maximum Gasteiger partial charge on any atom is 0.318 e. The van der Waals surface area contributed by atoms with E-state index in [0.717, 1.165) is 17.1 Å². The second kappa shape index (κ2) is 4.07. The van der Waals surface area contributed by atoms with E-state index in [9.17, 15) is 10.1 Å². The predicted octanol–water partition coefficient (Wildman–Crippen LogP) is 1.58. The number of rotatable bonds is 2. The molecule has 4 aromatic rings. The molecule has 102 valence electrons. The minimum Gasteiger partial charge on any atom is -0.268 e. The summed E-state index contributed by atoms with van der Waals surface area (Å²) in [6.07, 6.45) is 2.66. The quantitative estimate of drug-likeness (QED) is 0.440. The van der Waals surface area contributed by atoms with Crippen molar-refractivity contribution in [2.24, 2.45) is 0 Å². The van der Waals surface area contributed by atoms with E-state index in [1.54, 1.807) is 0 Å². The van der Waals surface area contributed by atoms with Gasteiger partial charge in [0.05, 0.1) is 10.4 Å². The van der Waals surface area contributed by atoms with Gasteiger partial charge in [-0.3, -0.25) is 15.2 Å². The van der Waals surface area contributed by atoms with Crippen LogP contribution >= 0.6 is 0 Å². The van der Waals surface area contributed by atoms with Gasteiger partial charge in [0.2, 0.25) is 5.82 Å². The topological polar surface area (TPSA) is 115 Å². The van der Waals surface area contributed by atoms with Gasteiger partial charge in [-0.05, 0) is 12.1 Å². The molecule has 0 unspecified atom stereocenters. The van der Waals surface area contributed by atoms with Gasteiger partial charge in [-0.1, -0.05) is 12.1 Å². The molecule has 1 N–H and O–H groups in total. The van der Waals surface area contributed by atoms with Crippen molar-refractivity contribution in [1.29, 1.82) is 0 Å². The van der Waals surface area contributed by atoms with Crippen LogP contribution in [-0.2, 0) is 0 Å². The van der Waals surface area contributed by atoms with E-state index in [4.69, 9.17) is 0 Å². The summed E-state index contributed by atoms with van der Waals surface area (Å²) in [6, 6.07) is 7.49. The number of aromatic nitrogens is 6. The summed E-state index contributed by atoms with van der Waals surface area (Å²) in [7, 11) is 0. The summed E-state index contributed by atoms with van der Waals surface area (Å²) in [5, 5.41) is 22.2. The van der Waals surface area contributed by atoms with Crippen molar-refractivity contribution in [2.75, 3.05) is 0 Å². The number of aromatic amines is 1. The van der Waals surface area contributed by atoms with Crippen LogP contribution in [0.15, 0.2) is 36.8 Å². The summed E-state index contributed by atoms with van der Waals surface area (Å²) in [5.74, 6) is 0.206. The minimum absolute atomic E-state index is 0.164. The standard InChI is InChI=1S/C12H7N7O2/c20-19(21)9-5-14-16-10(9)11-15-12-7-3-1-2-4-8(7)13-6-18(12)17-11/h1-6H,(H,14,16). The van der Waals surface area contributed by atoms with Crippen LogP contribution in [0.2, 0.25) is 0 Å². The van der Waals surface area contributed by atoms with Crippen LogP contribution in [-0.4, -0.2) is 34.7 Å². The Morgan fingerprint density at radius 3 is 3.00 bits per heavy atom. The Hall–Kier alpha value is -3.36. The molecule has 21 heavy (non-hydrogen) atoms. The highest BCUT2D eigenvalue weighted by Gasteiger charge is 2.22. The second-order valence-electron chi connectivity index (χ2n) is 4.35. The Morgan fingerprint density at radius 1 is 1.29 bits per heavy atom. The number of hydrogen-bond acceptors (Lipinski definition) is 6. The van der Waals surface area contributed by atoms with Gasteiger partial charge >= 0.3 is 5.69 Å². The van der Waals surface area contributed by atoms with Crippen molar-refractivity contribution in [1.82, 2.24) is 29.8 Å². The SMILES string of the molecule is O=[N+]([O-])c1cn[nH]c1-c1nc2c3ccccc3ncn2n1. The highest BCUT2D eigenvalue weighted by Crippen LogP contribution is 2.26. The normalized spacial score (nSPS) is 11.2. The average Bonchev–Trinajstić information content (AvgIpc) is 3.13. The molecule has 0 aliphatic carbocycles. The molecule has 3 aromatic heterocycles. The molecule has 0 bridgehead atoms. The maximum atomic E-state index is 11.0. The number of para-hydroxylation sites is 1. The first-order valence-corrected chi connectivity index (χ1v) is 6.02. The van der Waals surface area contributed by atoms with Gasteiger partial charge in [-0.15, -0.1) is 5.10 Å². The van der Waals surface area contributed by atoms with Crippen LogP contribution in [0.1, 0.15) is 0 Å². The molecular formula is C12H7N7O2. The van der Waals surface area contributed by atoms with E-state index in [0.29, 0.717) is 5.65 Å².